The minimum absolute atomic E-state index is 0.317. The fourth-order valence-corrected chi connectivity index (χ4v) is 7.30. The van der Waals surface area contributed by atoms with Crippen molar-refractivity contribution in [2.75, 3.05) is 7.11 Å². The number of rotatable bonds is 1. The molecule has 0 N–H and O–H groups in total. The van der Waals surface area contributed by atoms with Crippen LogP contribution in [0.5, 0.6) is 0 Å². The van der Waals surface area contributed by atoms with Crippen molar-refractivity contribution in [2.24, 2.45) is 46.8 Å². The maximum absolute atomic E-state index is 9.72. The third kappa shape index (κ3) is 1.74. The molecule has 0 radical (unpaired) electrons. The van der Waals surface area contributed by atoms with Crippen LogP contribution in [0.2, 0.25) is 0 Å². The first kappa shape index (κ1) is 14.1. The Balaban J connectivity index is 1.49. The molecule has 2 nitrogen and oxygen atoms in total. The second-order valence-electron chi connectivity index (χ2n) is 8.97. The summed E-state index contributed by atoms with van der Waals surface area (Å²) in [7, 11) is 1.80. The average molecular weight is 309 g/mol. The van der Waals surface area contributed by atoms with Crippen molar-refractivity contribution in [3.05, 3.63) is 23.5 Å². The zero-order chi connectivity index (χ0) is 15.8. The van der Waals surface area contributed by atoms with E-state index in [1.54, 1.807) is 12.7 Å². The number of nitrogens with zero attached hydrogens (tertiary/aromatic N) is 1. The molecule has 0 spiro atoms. The van der Waals surface area contributed by atoms with E-state index < -0.39 is 0 Å². The van der Waals surface area contributed by atoms with Crippen molar-refractivity contribution in [1.29, 1.82) is 5.26 Å². The van der Waals surface area contributed by atoms with E-state index in [0.29, 0.717) is 11.3 Å². The number of allylic oxidation sites excluding steroid dienone is 4. The predicted octanol–water partition coefficient (Wildman–Crippen LogP) is 4.69. The highest BCUT2D eigenvalue weighted by Gasteiger charge is 2.69. The highest BCUT2D eigenvalue weighted by atomic mass is 16.5. The molecule has 0 saturated heterocycles. The zero-order valence-corrected chi connectivity index (χ0v) is 14.3. The zero-order valence-electron chi connectivity index (χ0n) is 14.3. The topological polar surface area (TPSA) is 33.0 Å². The van der Waals surface area contributed by atoms with Crippen molar-refractivity contribution >= 4 is 0 Å². The smallest absolute Gasteiger partial charge is 0.0958 e. The summed E-state index contributed by atoms with van der Waals surface area (Å²) in [5, 5.41) is 9.72. The molecule has 0 aliphatic heterocycles. The Morgan fingerprint density at radius 1 is 1.22 bits per heavy atom. The maximum Gasteiger partial charge on any atom is 0.0958 e. The summed E-state index contributed by atoms with van der Waals surface area (Å²) in [6.45, 7) is 2.46. The monoisotopic (exact) mass is 309 g/mol. The number of nitriles is 1. The quantitative estimate of drug-likeness (QED) is 0.703. The predicted molar refractivity (Wildman–Crippen MR) is 89.0 cm³/mol. The highest BCUT2D eigenvalue weighted by molar-refractivity contribution is 5.32. The van der Waals surface area contributed by atoms with Crippen LogP contribution >= 0.6 is 0 Å². The largest absolute Gasteiger partial charge is 0.501 e. The van der Waals surface area contributed by atoms with Gasteiger partial charge in [0.2, 0.25) is 0 Å². The van der Waals surface area contributed by atoms with Crippen LogP contribution in [0.25, 0.3) is 0 Å². The molecule has 0 aromatic rings. The number of hydrogen-bond acceptors (Lipinski definition) is 2. The molecular weight excluding hydrogens is 282 g/mol. The third-order valence-corrected chi connectivity index (χ3v) is 8.28. The van der Waals surface area contributed by atoms with Crippen molar-refractivity contribution in [2.45, 2.75) is 45.4 Å². The SMILES string of the molecule is COC1=CC2=CC[C@@H]3[C@H](CC[C@@]4(C)[C@H]3[C@@H]3C[C@@H]3[C@@H]4C#N)[C@H]2CC1. The van der Waals surface area contributed by atoms with Crippen LogP contribution in [-0.4, -0.2) is 7.11 Å². The van der Waals surface area contributed by atoms with E-state index in [1.807, 2.05) is 0 Å². The van der Waals surface area contributed by atoms with E-state index >= 15 is 0 Å². The summed E-state index contributed by atoms with van der Waals surface area (Å²) < 4.78 is 5.50. The molecule has 0 heterocycles. The van der Waals surface area contributed by atoms with Crippen LogP contribution in [0.4, 0.5) is 0 Å². The molecule has 0 aromatic heterocycles. The van der Waals surface area contributed by atoms with Crippen molar-refractivity contribution in [1.82, 2.24) is 0 Å². The molecule has 2 heteroatoms. The molecular formula is C21H27NO. The van der Waals surface area contributed by atoms with Gasteiger partial charge in [0.25, 0.3) is 0 Å². The van der Waals surface area contributed by atoms with Gasteiger partial charge in [-0.15, -0.1) is 0 Å². The average Bonchev–Trinajstić information content (AvgIpc) is 3.28. The lowest BCUT2D eigenvalue weighted by atomic mass is 9.51. The lowest BCUT2D eigenvalue weighted by Crippen LogP contribution is -2.47. The normalized spacial score (nSPS) is 52.8. The molecule has 3 fully saturated rings. The number of hydrogen-bond donors (Lipinski definition) is 0. The van der Waals surface area contributed by atoms with Gasteiger partial charge in [-0.25, -0.2) is 0 Å². The number of fused-ring (bicyclic) bond motifs is 7. The van der Waals surface area contributed by atoms with E-state index in [1.165, 1.54) is 37.9 Å². The van der Waals surface area contributed by atoms with Crippen LogP contribution < -0.4 is 0 Å². The van der Waals surface area contributed by atoms with E-state index in [4.69, 9.17) is 4.74 Å². The van der Waals surface area contributed by atoms with E-state index in [0.717, 1.165) is 41.9 Å². The fraction of sp³-hybridized carbons (Fsp3) is 0.762. The van der Waals surface area contributed by atoms with Gasteiger partial charge in [0.05, 0.1) is 24.9 Å². The molecule has 3 saturated carbocycles. The number of methoxy groups -OCH3 is 1. The second-order valence-corrected chi connectivity index (χ2v) is 8.97. The summed E-state index contributed by atoms with van der Waals surface area (Å²) in [6.07, 6.45) is 12.4. The first-order valence-electron chi connectivity index (χ1n) is 9.51. The molecule has 0 unspecified atom stereocenters. The second kappa shape index (κ2) is 4.65. The van der Waals surface area contributed by atoms with Gasteiger partial charge in [0, 0.05) is 6.42 Å². The van der Waals surface area contributed by atoms with Gasteiger partial charge in [-0.1, -0.05) is 13.0 Å². The molecule has 8 atom stereocenters. The maximum atomic E-state index is 9.72. The van der Waals surface area contributed by atoms with E-state index in [9.17, 15) is 5.26 Å². The molecule has 5 rings (SSSR count). The summed E-state index contributed by atoms with van der Waals surface area (Å²) in [6, 6.07) is 2.72. The fourth-order valence-electron chi connectivity index (χ4n) is 7.30. The molecule has 5 aliphatic carbocycles. The Labute approximate surface area is 139 Å². The Hall–Kier alpha value is -1.23. The number of ether oxygens (including phenoxy) is 1. The standard InChI is InChI=1S/C21H27NO/c1-21-8-7-15-14-6-4-13(23-2)9-12(14)3-5-16(15)20(21)18-10-17(18)19(21)11-22/h3,9,14-20H,4-8,10H2,1-2H3/t14-,15+,16+,17-,18+,19-,20+,21+/m0/s1. The van der Waals surface area contributed by atoms with Gasteiger partial charge in [0.15, 0.2) is 0 Å². The molecule has 122 valence electrons. The van der Waals surface area contributed by atoms with Crippen LogP contribution in [-0.2, 0) is 4.74 Å². The van der Waals surface area contributed by atoms with Gasteiger partial charge in [-0.05, 0) is 84.7 Å². The van der Waals surface area contributed by atoms with Gasteiger partial charge in [0.1, 0.15) is 0 Å². The first-order valence-corrected chi connectivity index (χ1v) is 9.51. The first-order chi connectivity index (χ1) is 11.2. The molecule has 0 aromatic carbocycles. The molecule has 0 amide bonds. The van der Waals surface area contributed by atoms with Crippen molar-refractivity contribution < 1.29 is 4.74 Å². The minimum atomic E-state index is 0.317. The Bertz CT molecular complexity index is 641. The molecule has 5 aliphatic rings. The van der Waals surface area contributed by atoms with Crippen LogP contribution in [0.15, 0.2) is 23.5 Å². The van der Waals surface area contributed by atoms with Crippen LogP contribution in [0.3, 0.4) is 0 Å². The van der Waals surface area contributed by atoms with Crippen LogP contribution in [0.1, 0.15) is 45.4 Å². The van der Waals surface area contributed by atoms with Gasteiger partial charge in [-0.3, -0.25) is 0 Å². The Kier molecular flexibility index (Phi) is 2.86. The Morgan fingerprint density at radius 3 is 2.87 bits per heavy atom. The highest BCUT2D eigenvalue weighted by Crippen LogP contribution is 2.73. The van der Waals surface area contributed by atoms with Gasteiger partial charge < -0.3 is 4.74 Å². The lowest BCUT2D eigenvalue weighted by molar-refractivity contribution is -0.0183. The molecule has 0 bridgehead atoms. The van der Waals surface area contributed by atoms with E-state index in [2.05, 4.69) is 25.1 Å². The molecule has 23 heavy (non-hydrogen) atoms. The Morgan fingerprint density at radius 2 is 2.09 bits per heavy atom. The summed E-state index contributed by atoms with van der Waals surface area (Å²) in [5.74, 6) is 6.41. The summed E-state index contributed by atoms with van der Waals surface area (Å²) >= 11 is 0. The summed E-state index contributed by atoms with van der Waals surface area (Å²) in [4.78, 5) is 0. The van der Waals surface area contributed by atoms with Gasteiger partial charge >= 0.3 is 0 Å². The van der Waals surface area contributed by atoms with Gasteiger partial charge in [-0.2, -0.15) is 5.26 Å². The van der Waals surface area contributed by atoms with Crippen LogP contribution in [0, 0.1) is 58.2 Å². The summed E-state index contributed by atoms with van der Waals surface area (Å²) in [5.41, 5.74) is 1.87. The third-order valence-electron chi connectivity index (χ3n) is 8.28. The van der Waals surface area contributed by atoms with Crippen molar-refractivity contribution in [3.8, 4) is 6.07 Å². The lowest BCUT2D eigenvalue weighted by Gasteiger charge is -2.53. The minimum Gasteiger partial charge on any atom is -0.501 e. The van der Waals surface area contributed by atoms with E-state index in [-0.39, 0.29) is 0 Å². The van der Waals surface area contributed by atoms with Crippen molar-refractivity contribution in [3.63, 3.8) is 0 Å².